The van der Waals surface area contributed by atoms with E-state index in [1.807, 2.05) is 6.07 Å². The Kier molecular flexibility index (Phi) is 18.7. The van der Waals surface area contributed by atoms with E-state index in [9.17, 15) is 13.8 Å². The fourth-order valence-corrected chi connectivity index (χ4v) is 12.0. The van der Waals surface area contributed by atoms with Crippen molar-refractivity contribution in [2.75, 3.05) is 30.8 Å². The number of fused-ring (bicyclic) bond motifs is 1. The van der Waals surface area contributed by atoms with Crippen LogP contribution < -0.4 is 19.0 Å². The molecule has 6 rings (SSSR count). The smallest absolute Gasteiger partial charge is 0.416 e. The average Bonchev–Trinajstić information content (AvgIpc) is 3.88. The topological polar surface area (TPSA) is 167 Å². The van der Waals surface area contributed by atoms with Crippen LogP contribution in [0.25, 0.3) is 21.9 Å². The first-order valence-corrected chi connectivity index (χ1v) is 28.1. The number of carbonyl (C=O) groups excluding carboxylic acids is 3. The lowest BCUT2D eigenvalue weighted by atomic mass is 9.59. The minimum Gasteiger partial charge on any atom is -0.491 e. The van der Waals surface area contributed by atoms with Crippen LogP contribution in [0.1, 0.15) is 139 Å². The second kappa shape index (κ2) is 24.1. The van der Waals surface area contributed by atoms with Gasteiger partial charge in [0.2, 0.25) is 17.0 Å². The highest BCUT2D eigenvalue weighted by Gasteiger charge is 2.50. The Bertz CT molecular complexity index is 2710. The molecule has 2 amide bonds. The van der Waals surface area contributed by atoms with Gasteiger partial charge in [-0.1, -0.05) is 127 Å². The zero-order valence-corrected chi connectivity index (χ0v) is 48.4. The predicted octanol–water partition coefficient (Wildman–Crippen LogP) is 14.5. The van der Waals surface area contributed by atoms with Gasteiger partial charge < -0.3 is 28.0 Å². The van der Waals surface area contributed by atoms with E-state index < -0.39 is 35.3 Å². The van der Waals surface area contributed by atoms with Crippen molar-refractivity contribution in [3.8, 4) is 28.8 Å². The zero-order valence-electron chi connectivity index (χ0n) is 47.5. The van der Waals surface area contributed by atoms with E-state index in [4.69, 9.17) is 34.7 Å². The van der Waals surface area contributed by atoms with Gasteiger partial charge in [-0.15, -0.1) is 13.2 Å². The number of benzene rings is 2. The molecule has 414 valence electrons. The number of rotatable bonds is 17. The minimum atomic E-state index is -1.62. The molecule has 0 spiro atoms. The third-order valence-corrected chi connectivity index (χ3v) is 16.3. The number of para-hydroxylation sites is 1. The van der Waals surface area contributed by atoms with Gasteiger partial charge in [0.15, 0.2) is 11.5 Å². The molecule has 2 aliphatic carbocycles. The Morgan fingerprint density at radius 1 is 0.816 bits per heavy atom. The zero-order chi connectivity index (χ0) is 56.1. The van der Waals surface area contributed by atoms with E-state index in [1.54, 1.807) is 54.6 Å². The highest BCUT2D eigenvalue weighted by atomic mass is 32.2. The van der Waals surface area contributed by atoms with Crippen molar-refractivity contribution in [1.82, 2.24) is 19.5 Å². The molecule has 5 atom stereocenters. The van der Waals surface area contributed by atoms with Crippen molar-refractivity contribution in [3.63, 3.8) is 0 Å². The lowest BCUT2D eigenvalue weighted by Crippen LogP contribution is -2.49. The molecule has 2 aliphatic rings. The van der Waals surface area contributed by atoms with Crippen LogP contribution in [0.3, 0.4) is 0 Å². The molecule has 2 saturated carbocycles. The first-order chi connectivity index (χ1) is 35.5. The molecule has 0 bridgehead atoms. The number of carbonyl (C=O) groups is 3. The average molecular weight is 1070 g/mol. The summed E-state index contributed by atoms with van der Waals surface area (Å²) in [5, 5.41) is 6.21. The van der Waals surface area contributed by atoms with Crippen molar-refractivity contribution in [1.29, 1.82) is 0 Å². The second-order valence-electron chi connectivity index (χ2n) is 25.4. The second-order valence-corrected chi connectivity index (χ2v) is 26.6. The van der Waals surface area contributed by atoms with Gasteiger partial charge in [-0.3, -0.25) is 10.4 Å². The number of nitrogens with one attached hydrogen (secondary N) is 2. The number of esters is 1. The molecule has 2 fully saturated rings. The summed E-state index contributed by atoms with van der Waals surface area (Å²) >= 11 is -1.62. The predicted molar refractivity (Wildman–Crippen MR) is 301 cm³/mol. The molecule has 16 heteroatoms. The van der Waals surface area contributed by atoms with Crippen LogP contribution >= 0.6 is 0 Å². The lowest BCUT2D eigenvalue weighted by Gasteiger charge is -2.50. The van der Waals surface area contributed by atoms with Gasteiger partial charge in [0.25, 0.3) is 5.69 Å². The molecule has 0 radical (unpaired) electrons. The molecule has 2 N–H and O–H groups in total. The van der Waals surface area contributed by atoms with Crippen LogP contribution in [0.4, 0.5) is 21.0 Å². The van der Waals surface area contributed by atoms with E-state index in [0.29, 0.717) is 35.3 Å². The summed E-state index contributed by atoms with van der Waals surface area (Å²) in [5.74, 6) is 1.22. The first-order valence-electron chi connectivity index (χ1n) is 26.8. The summed E-state index contributed by atoms with van der Waals surface area (Å²) in [4.78, 5) is 53.4. The highest BCUT2D eigenvalue weighted by Crippen LogP contribution is 2.52. The number of hydrogen-bond donors (Lipinski definition) is 2. The van der Waals surface area contributed by atoms with E-state index in [-0.39, 0.29) is 111 Å². The van der Waals surface area contributed by atoms with E-state index in [1.165, 1.54) is 9.42 Å². The summed E-state index contributed by atoms with van der Waals surface area (Å²) < 4.78 is 45.3. The molecule has 15 nitrogen and oxygen atoms in total. The molecule has 76 heavy (non-hydrogen) atoms. The third-order valence-electron chi connectivity index (χ3n) is 15.3. The maximum Gasteiger partial charge on any atom is 0.416 e. The van der Waals surface area contributed by atoms with Crippen molar-refractivity contribution in [3.05, 3.63) is 90.8 Å². The van der Waals surface area contributed by atoms with Gasteiger partial charge in [-0.25, -0.2) is 32.9 Å². The Morgan fingerprint density at radius 2 is 1.34 bits per heavy atom. The summed E-state index contributed by atoms with van der Waals surface area (Å²) in [7, 11) is 0. The van der Waals surface area contributed by atoms with Crippen LogP contribution in [0.15, 0.2) is 73.8 Å². The quantitative estimate of drug-likeness (QED) is 0.0449. The molecule has 2 aromatic carbocycles. The van der Waals surface area contributed by atoms with Crippen LogP contribution in [0.2, 0.25) is 0 Å². The SMILES string of the molecule is [C-]#[N+]c1c(C(=O)OC2C(C(C)(C)C)CC(C)CC2C(C)(C)C)c2nc(-c3ccc(OCCCS(=O)Oc4ccccc4)c(NC(=O)OC4C(C(C)(C)C)CC(C)CC4C(C)(C)C)c3)[nH]n2c1OC(=O)N(CC=C)CC=C. The summed E-state index contributed by atoms with van der Waals surface area (Å²) in [5.41, 5.74) is -0.425. The number of aromatic amines is 1. The van der Waals surface area contributed by atoms with E-state index >= 15 is 4.79 Å². The van der Waals surface area contributed by atoms with Gasteiger partial charge in [-0.2, -0.15) is 0 Å². The molecule has 2 aromatic heterocycles. The molecule has 5 unspecified atom stereocenters. The summed E-state index contributed by atoms with van der Waals surface area (Å²) in [6.45, 7) is 47.1. The van der Waals surface area contributed by atoms with Gasteiger partial charge >= 0.3 is 18.2 Å². The Morgan fingerprint density at radius 3 is 1.84 bits per heavy atom. The maximum absolute atomic E-state index is 15.0. The number of aromatic nitrogens is 3. The molecule has 0 aliphatic heterocycles. The minimum absolute atomic E-state index is 0.000755. The number of amides is 2. The number of anilines is 1. The van der Waals surface area contributed by atoms with E-state index in [2.05, 4.69) is 125 Å². The van der Waals surface area contributed by atoms with E-state index in [0.717, 1.165) is 25.7 Å². The van der Waals surface area contributed by atoms with Gasteiger partial charge in [0.05, 0.1) is 24.6 Å². The fourth-order valence-electron chi connectivity index (χ4n) is 11.2. The van der Waals surface area contributed by atoms with Gasteiger partial charge in [0.1, 0.15) is 29.3 Å². The molecule has 2 heterocycles. The number of H-pyrrole nitrogens is 1. The Labute approximate surface area is 454 Å². The highest BCUT2D eigenvalue weighted by molar-refractivity contribution is 7.80. The largest absolute Gasteiger partial charge is 0.491 e. The van der Waals surface area contributed by atoms with Crippen LogP contribution in [0.5, 0.6) is 17.4 Å². The molecule has 4 aromatic rings. The van der Waals surface area contributed by atoms with Crippen molar-refractivity contribution in [2.24, 2.45) is 57.2 Å². The fraction of sp³-hybridized carbons (Fsp3) is 0.583. The lowest BCUT2D eigenvalue weighted by molar-refractivity contribution is -0.0922. The molecular weight excluding hydrogens is 981 g/mol. The number of ether oxygens (including phenoxy) is 4. The standard InChI is InChI=1S/C60H84N6O9S/c1-18-28-65(29-19-2)56(69)74-53-48(61-17)47(54(67)72-49-41(57(5,6)7)32-37(3)33-42(49)58(8,9)10)52-63-51(64-66(52)53)39-26-27-46(71-30-23-31-76(70)75-40-24-21-20-22-25-40)45(36-39)62-55(68)73-50-43(59(11,12)13)34-38(4)35-44(50)60(14,15)16/h18-22,24-27,36-38,41-44,49-50H,1-2,23,28-35H2,3-16H3,(H,62,68)(H,63,64). The Balaban J connectivity index is 1.43. The summed E-state index contributed by atoms with van der Waals surface area (Å²) in [6.07, 6.45) is 4.65. The third kappa shape index (κ3) is 14.3. The van der Waals surface area contributed by atoms with Crippen LogP contribution in [-0.2, 0) is 20.6 Å². The summed E-state index contributed by atoms with van der Waals surface area (Å²) in [6, 6.07) is 14.0. The number of nitrogens with zero attached hydrogens (tertiary/aromatic N) is 4. The van der Waals surface area contributed by atoms with Crippen LogP contribution in [0, 0.1) is 63.7 Å². The van der Waals surface area contributed by atoms with Gasteiger partial charge in [0, 0.05) is 42.3 Å². The van der Waals surface area contributed by atoms with Crippen LogP contribution in [-0.4, -0.2) is 79.5 Å². The normalized spacial score (nSPS) is 22.6. The first kappa shape index (κ1) is 59.2. The molecule has 0 saturated heterocycles. The monoisotopic (exact) mass is 1060 g/mol. The maximum atomic E-state index is 15.0. The molecular formula is C60H84N6O9S. The van der Waals surface area contributed by atoms with Crippen molar-refractivity contribution < 1.29 is 41.7 Å². The Hall–Kier alpha value is -6.08. The number of hydrogen-bond acceptors (Lipinski definition) is 10. The van der Waals surface area contributed by atoms with Crippen molar-refractivity contribution in [2.45, 2.75) is 141 Å². The van der Waals surface area contributed by atoms with Crippen molar-refractivity contribution >= 4 is 46.3 Å². The van der Waals surface area contributed by atoms with Gasteiger partial charge in [-0.05, 0) is 95.9 Å².